The first kappa shape index (κ1) is 12.5. The fourth-order valence-electron chi connectivity index (χ4n) is 0.360. The van der Waals surface area contributed by atoms with Gasteiger partial charge >= 0.3 is 12.1 Å². The Morgan fingerprint density at radius 1 is 1.45 bits per heavy atom. The molecule has 64 valence electrons. The van der Waals surface area contributed by atoms with Crippen LogP contribution in [0.4, 0.5) is 0 Å². The number of carbonyl (C=O) groups is 1. The molecule has 0 saturated carbocycles. The third-order valence-corrected chi connectivity index (χ3v) is 0.803. The molecular weight excluding hydrogens is 148 g/mol. The van der Waals surface area contributed by atoms with Crippen molar-refractivity contribution in [3.8, 4) is 0 Å². The number of unbranched alkanes of at least 4 members (excludes halogenated alkanes) is 1. The fourth-order valence-corrected chi connectivity index (χ4v) is 0.360. The summed E-state index contributed by atoms with van der Waals surface area (Å²) in [5.41, 5.74) is 0. The predicted octanol–water partition coefficient (Wildman–Crippen LogP) is 0.766. The van der Waals surface area contributed by atoms with Crippen molar-refractivity contribution in [1.82, 2.24) is 0 Å². The number of hydrogen-bond donors (Lipinski definition) is 0. The highest BCUT2D eigenvalue weighted by atomic mass is 16.5. The van der Waals surface area contributed by atoms with Gasteiger partial charge in [0.25, 0.3) is 0 Å². The molecule has 0 amide bonds. The van der Waals surface area contributed by atoms with E-state index >= 15 is 0 Å². The lowest BCUT2D eigenvalue weighted by Gasteiger charge is -1.96. The van der Waals surface area contributed by atoms with Crippen LogP contribution in [0.15, 0.2) is 0 Å². The lowest BCUT2D eigenvalue weighted by molar-refractivity contribution is -0.191. The molecule has 0 rings (SSSR count). The van der Waals surface area contributed by atoms with E-state index in [1.54, 1.807) is 0 Å². The summed E-state index contributed by atoms with van der Waals surface area (Å²) in [6.45, 7) is 4.06. The second-order valence-electron chi connectivity index (χ2n) is 1.78. The molecule has 0 fully saturated rings. The van der Waals surface area contributed by atoms with Crippen molar-refractivity contribution in [3.05, 3.63) is 0 Å². The summed E-state index contributed by atoms with van der Waals surface area (Å²) in [5.74, 6) is -0.182. The summed E-state index contributed by atoms with van der Waals surface area (Å²) in [6, 6.07) is 0. The smallest absolute Gasteiger partial charge is 0.373 e. The van der Waals surface area contributed by atoms with Gasteiger partial charge in [-0.25, -0.2) is 0 Å². The van der Waals surface area contributed by atoms with Crippen LogP contribution in [0, 0.1) is 0 Å². The maximum atomic E-state index is 10.1. The average molecular weight is 160 g/mol. The molecule has 0 aliphatic carbocycles. The van der Waals surface area contributed by atoms with E-state index in [0.717, 1.165) is 12.8 Å². The van der Waals surface area contributed by atoms with Crippen molar-refractivity contribution < 1.29 is 19.1 Å². The molecule has 0 saturated heterocycles. The van der Waals surface area contributed by atoms with Crippen molar-refractivity contribution in [1.29, 1.82) is 0 Å². The van der Waals surface area contributed by atoms with Gasteiger partial charge in [-0.2, -0.15) is 9.59 Å². The first-order valence-corrected chi connectivity index (χ1v) is 3.31. The molecule has 0 aliphatic rings. The molecule has 0 heterocycles. The Kier molecular flexibility index (Phi) is 13.2. The SMILES string of the molecule is CCCCOC(C)=O.O=C=O. The third kappa shape index (κ3) is 28.0. The van der Waals surface area contributed by atoms with Crippen LogP contribution in [0.5, 0.6) is 0 Å². The van der Waals surface area contributed by atoms with E-state index in [9.17, 15) is 4.79 Å². The Bertz CT molecular complexity index is 124. The topological polar surface area (TPSA) is 60.4 Å². The van der Waals surface area contributed by atoms with Gasteiger partial charge in [0.15, 0.2) is 0 Å². The lowest BCUT2D eigenvalue weighted by atomic mass is 10.4. The first-order chi connectivity index (χ1) is 5.18. The van der Waals surface area contributed by atoms with E-state index in [2.05, 4.69) is 11.7 Å². The molecule has 0 aliphatic heterocycles. The van der Waals surface area contributed by atoms with Crippen LogP contribution >= 0.6 is 0 Å². The summed E-state index contributed by atoms with van der Waals surface area (Å²) in [7, 11) is 0. The van der Waals surface area contributed by atoms with Crippen molar-refractivity contribution in [2.24, 2.45) is 0 Å². The Hall–Kier alpha value is -1.15. The monoisotopic (exact) mass is 160 g/mol. The zero-order valence-electron chi connectivity index (χ0n) is 6.75. The summed E-state index contributed by atoms with van der Waals surface area (Å²) in [5, 5.41) is 0. The van der Waals surface area contributed by atoms with E-state index in [0.29, 0.717) is 6.61 Å². The zero-order valence-corrected chi connectivity index (χ0v) is 6.75. The van der Waals surface area contributed by atoms with Crippen LogP contribution in [0.25, 0.3) is 0 Å². The average Bonchev–Trinajstić information content (AvgIpc) is 1.89. The molecule has 11 heavy (non-hydrogen) atoms. The number of ether oxygens (including phenoxy) is 1. The third-order valence-electron chi connectivity index (χ3n) is 0.803. The van der Waals surface area contributed by atoms with E-state index in [1.807, 2.05) is 0 Å². The minimum atomic E-state index is -0.182. The van der Waals surface area contributed by atoms with E-state index in [-0.39, 0.29) is 12.1 Å². The molecule has 0 aromatic rings. The summed E-state index contributed by atoms with van der Waals surface area (Å²) in [4.78, 5) is 26.3. The zero-order chi connectivity index (χ0) is 9.11. The molecule has 0 aromatic heterocycles. The number of rotatable bonds is 3. The van der Waals surface area contributed by atoms with Crippen LogP contribution in [0.1, 0.15) is 26.7 Å². The van der Waals surface area contributed by atoms with E-state index in [4.69, 9.17) is 9.59 Å². The number of hydrogen-bond acceptors (Lipinski definition) is 4. The van der Waals surface area contributed by atoms with Gasteiger partial charge in [-0.05, 0) is 6.42 Å². The van der Waals surface area contributed by atoms with Gasteiger partial charge in [0.2, 0.25) is 0 Å². The summed E-state index contributed by atoms with van der Waals surface area (Å²) >= 11 is 0. The van der Waals surface area contributed by atoms with Crippen LogP contribution < -0.4 is 0 Å². The maximum absolute atomic E-state index is 10.1. The molecule has 0 radical (unpaired) electrons. The Balaban J connectivity index is 0. The largest absolute Gasteiger partial charge is 0.466 e. The van der Waals surface area contributed by atoms with Crippen molar-refractivity contribution >= 4 is 12.1 Å². The quantitative estimate of drug-likeness (QED) is 0.452. The lowest BCUT2D eigenvalue weighted by Crippen LogP contribution is -1.99. The molecule has 4 heteroatoms. The van der Waals surface area contributed by atoms with Crippen LogP contribution in [0.3, 0.4) is 0 Å². The molecular formula is C7H12O4. The van der Waals surface area contributed by atoms with Gasteiger partial charge in [0, 0.05) is 6.92 Å². The van der Waals surface area contributed by atoms with Gasteiger partial charge in [0.1, 0.15) is 0 Å². The Morgan fingerprint density at radius 3 is 2.18 bits per heavy atom. The van der Waals surface area contributed by atoms with Gasteiger partial charge < -0.3 is 4.74 Å². The summed E-state index contributed by atoms with van der Waals surface area (Å²) in [6.07, 6.45) is 2.30. The second-order valence-corrected chi connectivity index (χ2v) is 1.78. The van der Waals surface area contributed by atoms with Crippen LogP contribution in [-0.2, 0) is 19.1 Å². The Labute approximate surface area is 65.5 Å². The molecule has 0 spiro atoms. The van der Waals surface area contributed by atoms with Gasteiger partial charge in [-0.3, -0.25) is 4.79 Å². The van der Waals surface area contributed by atoms with Gasteiger partial charge in [-0.1, -0.05) is 13.3 Å². The minimum absolute atomic E-state index is 0.182. The highest BCUT2D eigenvalue weighted by molar-refractivity contribution is 5.65. The number of esters is 1. The van der Waals surface area contributed by atoms with E-state index < -0.39 is 0 Å². The molecule has 4 nitrogen and oxygen atoms in total. The highest BCUT2D eigenvalue weighted by Gasteiger charge is 1.88. The van der Waals surface area contributed by atoms with Gasteiger partial charge in [-0.15, -0.1) is 0 Å². The Morgan fingerprint density at radius 2 is 1.91 bits per heavy atom. The normalized spacial score (nSPS) is 7.09. The predicted molar refractivity (Wildman–Crippen MR) is 36.5 cm³/mol. The van der Waals surface area contributed by atoms with E-state index in [1.165, 1.54) is 6.92 Å². The van der Waals surface area contributed by atoms with Crippen molar-refractivity contribution in [2.45, 2.75) is 26.7 Å². The standard InChI is InChI=1S/C6H12O2.CO2/c1-3-4-5-8-6(2)7;2-1-3/h3-5H2,1-2H3;. The molecule has 0 bridgehead atoms. The first-order valence-electron chi connectivity index (χ1n) is 3.31. The van der Waals surface area contributed by atoms with Crippen molar-refractivity contribution in [2.75, 3.05) is 6.61 Å². The molecule has 0 aromatic carbocycles. The van der Waals surface area contributed by atoms with Crippen molar-refractivity contribution in [3.63, 3.8) is 0 Å². The highest BCUT2D eigenvalue weighted by Crippen LogP contribution is 1.86. The molecule has 0 N–H and O–H groups in total. The van der Waals surface area contributed by atoms with Crippen LogP contribution in [-0.4, -0.2) is 18.7 Å². The fraction of sp³-hybridized carbons (Fsp3) is 0.714. The van der Waals surface area contributed by atoms with Crippen LogP contribution in [0.2, 0.25) is 0 Å². The minimum Gasteiger partial charge on any atom is -0.466 e. The molecule has 0 unspecified atom stereocenters. The maximum Gasteiger partial charge on any atom is 0.373 e. The summed E-state index contributed by atoms with van der Waals surface area (Å²) < 4.78 is 4.64. The second kappa shape index (κ2) is 11.6. The number of carbonyl (C=O) groups excluding carboxylic acids is 3. The van der Waals surface area contributed by atoms with Gasteiger partial charge in [0.05, 0.1) is 6.61 Å². The molecule has 0 atom stereocenters.